The average molecular weight is 286 g/mol. The van der Waals surface area contributed by atoms with Crippen LogP contribution in [0.4, 0.5) is 10.2 Å². The van der Waals surface area contributed by atoms with Crippen molar-refractivity contribution in [3.8, 4) is 5.75 Å². The summed E-state index contributed by atoms with van der Waals surface area (Å²) in [7, 11) is 1.57. The van der Waals surface area contributed by atoms with Crippen LogP contribution in [-0.4, -0.2) is 21.7 Å². The Morgan fingerprint density at radius 2 is 2.14 bits per heavy atom. The highest BCUT2D eigenvalue weighted by Gasteiger charge is 2.13. The highest BCUT2D eigenvalue weighted by molar-refractivity contribution is 5.48. The number of methoxy groups -OCH3 is 1. The molecule has 1 aromatic carbocycles. The molecule has 1 N–H and O–H groups in total. The smallest absolute Gasteiger partial charge is 0.157 e. The lowest BCUT2D eigenvalue weighted by molar-refractivity contribution is 0.406. The van der Waals surface area contributed by atoms with Crippen molar-refractivity contribution < 1.29 is 9.13 Å². The fourth-order valence-corrected chi connectivity index (χ4v) is 2.24. The molecule has 0 aliphatic rings. The van der Waals surface area contributed by atoms with Crippen LogP contribution in [0.25, 0.3) is 5.65 Å². The Labute approximate surface area is 121 Å². The van der Waals surface area contributed by atoms with Gasteiger partial charge >= 0.3 is 0 Å². The van der Waals surface area contributed by atoms with Gasteiger partial charge in [-0.05, 0) is 31.2 Å². The molecule has 0 saturated heterocycles. The minimum atomic E-state index is -0.293. The van der Waals surface area contributed by atoms with E-state index in [0.717, 1.165) is 11.2 Å². The van der Waals surface area contributed by atoms with Gasteiger partial charge in [-0.15, -0.1) is 0 Å². The molecule has 0 saturated carbocycles. The van der Waals surface area contributed by atoms with Gasteiger partial charge in [0.1, 0.15) is 17.4 Å². The van der Waals surface area contributed by atoms with Gasteiger partial charge in [-0.1, -0.05) is 0 Å². The number of benzene rings is 1. The molecule has 0 radical (unpaired) electrons. The molecule has 0 fully saturated rings. The number of halogens is 1. The fourth-order valence-electron chi connectivity index (χ4n) is 2.24. The standard InChI is InChI=1S/C15H15FN4O/c1-10(12-9-11(16)3-4-13(12)21-2)18-14-6-8-20-15(19-14)5-7-17-20/h3-10H,1-2H3,(H,18,19). The molecule has 5 nitrogen and oxygen atoms in total. The van der Waals surface area contributed by atoms with E-state index in [1.807, 2.05) is 25.3 Å². The Bertz CT molecular complexity index is 771. The van der Waals surface area contributed by atoms with Crippen LogP contribution < -0.4 is 10.1 Å². The molecule has 21 heavy (non-hydrogen) atoms. The molecular formula is C15H15FN4O. The predicted octanol–water partition coefficient (Wildman–Crippen LogP) is 3.05. The average Bonchev–Trinajstić information content (AvgIpc) is 2.94. The van der Waals surface area contributed by atoms with Crippen molar-refractivity contribution in [2.75, 3.05) is 12.4 Å². The molecule has 3 rings (SSSR count). The van der Waals surface area contributed by atoms with Crippen LogP contribution in [0.5, 0.6) is 5.75 Å². The number of rotatable bonds is 4. The van der Waals surface area contributed by atoms with Crippen molar-refractivity contribution in [3.63, 3.8) is 0 Å². The second-order valence-electron chi connectivity index (χ2n) is 4.70. The zero-order valence-corrected chi connectivity index (χ0v) is 11.7. The minimum Gasteiger partial charge on any atom is -0.496 e. The number of nitrogens with zero attached hydrogens (tertiary/aromatic N) is 3. The van der Waals surface area contributed by atoms with Crippen molar-refractivity contribution in [1.82, 2.24) is 14.6 Å². The summed E-state index contributed by atoms with van der Waals surface area (Å²) in [4.78, 5) is 4.43. The van der Waals surface area contributed by atoms with Gasteiger partial charge in [0, 0.05) is 17.8 Å². The maximum Gasteiger partial charge on any atom is 0.157 e. The van der Waals surface area contributed by atoms with E-state index in [2.05, 4.69) is 15.4 Å². The summed E-state index contributed by atoms with van der Waals surface area (Å²) < 4.78 is 20.4. The molecule has 3 aromatic rings. The summed E-state index contributed by atoms with van der Waals surface area (Å²) in [5, 5.41) is 7.34. The Morgan fingerprint density at radius 1 is 1.29 bits per heavy atom. The maximum atomic E-state index is 13.4. The fraction of sp³-hybridized carbons (Fsp3) is 0.200. The van der Waals surface area contributed by atoms with Crippen LogP contribution in [0, 0.1) is 5.82 Å². The Balaban J connectivity index is 1.88. The maximum absolute atomic E-state index is 13.4. The molecule has 2 heterocycles. The molecule has 0 bridgehead atoms. The van der Waals surface area contributed by atoms with Gasteiger partial charge in [0.05, 0.1) is 19.3 Å². The predicted molar refractivity (Wildman–Crippen MR) is 78.0 cm³/mol. The normalized spacial score (nSPS) is 12.3. The molecule has 2 aromatic heterocycles. The van der Waals surface area contributed by atoms with Gasteiger partial charge in [0.15, 0.2) is 5.65 Å². The Morgan fingerprint density at radius 3 is 2.95 bits per heavy atom. The molecular weight excluding hydrogens is 271 g/mol. The van der Waals surface area contributed by atoms with E-state index in [1.165, 1.54) is 12.1 Å². The quantitative estimate of drug-likeness (QED) is 0.801. The number of fused-ring (bicyclic) bond motifs is 1. The summed E-state index contributed by atoms with van der Waals surface area (Å²) in [6.07, 6.45) is 3.51. The molecule has 0 aliphatic carbocycles. The second-order valence-corrected chi connectivity index (χ2v) is 4.70. The zero-order chi connectivity index (χ0) is 14.8. The third-order valence-electron chi connectivity index (χ3n) is 3.28. The SMILES string of the molecule is COc1ccc(F)cc1C(C)Nc1ccn2nccc2n1. The molecule has 6 heteroatoms. The number of anilines is 1. The summed E-state index contributed by atoms with van der Waals surface area (Å²) in [6.45, 7) is 1.93. The number of hydrogen-bond acceptors (Lipinski definition) is 4. The van der Waals surface area contributed by atoms with E-state index in [9.17, 15) is 4.39 Å². The van der Waals surface area contributed by atoms with E-state index in [4.69, 9.17) is 4.74 Å². The lowest BCUT2D eigenvalue weighted by atomic mass is 10.1. The van der Waals surface area contributed by atoms with Gasteiger partial charge in [-0.25, -0.2) is 13.9 Å². The van der Waals surface area contributed by atoms with Crippen molar-refractivity contribution in [2.24, 2.45) is 0 Å². The van der Waals surface area contributed by atoms with Crippen LogP contribution in [-0.2, 0) is 0 Å². The van der Waals surface area contributed by atoms with Crippen LogP contribution in [0.2, 0.25) is 0 Å². The van der Waals surface area contributed by atoms with E-state index >= 15 is 0 Å². The first kappa shape index (κ1) is 13.4. The van der Waals surface area contributed by atoms with Gasteiger partial charge < -0.3 is 10.1 Å². The monoisotopic (exact) mass is 286 g/mol. The molecule has 0 aliphatic heterocycles. The molecule has 1 atom stereocenters. The molecule has 1 unspecified atom stereocenters. The van der Waals surface area contributed by atoms with Crippen LogP contribution in [0.1, 0.15) is 18.5 Å². The minimum absolute atomic E-state index is 0.145. The Kier molecular flexibility index (Phi) is 3.43. The molecule has 0 amide bonds. The largest absolute Gasteiger partial charge is 0.496 e. The third-order valence-corrected chi connectivity index (χ3v) is 3.28. The van der Waals surface area contributed by atoms with Crippen molar-refractivity contribution in [3.05, 3.63) is 54.1 Å². The number of aromatic nitrogens is 3. The van der Waals surface area contributed by atoms with E-state index in [0.29, 0.717) is 11.6 Å². The number of hydrogen-bond donors (Lipinski definition) is 1. The lowest BCUT2D eigenvalue weighted by Crippen LogP contribution is -2.10. The second kappa shape index (κ2) is 5.40. The highest BCUT2D eigenvalue weighted by atomic mass is 19.1. The first-order chi connectivity index (χ1) is 10.2. The number of ether oxygens (including phenoxy) is 1. The summed E-state index contributed by atoms with van der Waals surface area (Å²) >= 11 is 0. The summed E-state index contributed by atoms with van der Waals surface area (Å²) in [5.74, 6) is 1.04. The van der Waals surface area contributed by atoms with Crippen molar-refractivity contribution in [1.29, 1.82) is 0 Å². The third kappa shape index (κ3) is 2.65. The first-order valence-electron chi connectivity index (χ1n) is 6.58. The van der Waals surface area contributed by atoms with Gasteiger partial charge in [0.25, 0.3) is 0 Å². The summed E-state index contributed by atoms with van der Waals surface area (Å²) in [5.41, 5.74) is 1.49. The van der Waals surface area contributed by atoms with Crippen LogP contribution in [0.3, 0.4) is 0 Å². The topological polar surface area (TPSA) is 51.5 Å². The van der Waals surface area contributed by atoms with Crippen LogP contribution in [0.15, 0.2) is 42.7 Å². The van der Waals surface area contributed by atoms with Gasteiger partial charge in [-0.3, -0.25) is 0 Å². The first-order valence-corrected chi connectivity index (χ1v) is 6.58. The Hall–Kier alpha value is -2.63. The lowest BCUT2D eigenvalue weighted by Gasteiger charge is -2.18. The van der Waals surface area contributed by atoms with Crippen LogP contribution >= 0.6 is 0 Å². The van der Waals surface area contributed by atoms with Crippen molar-refractivity contribution in [2.45, 2.75) is 13.0 Å². The van der Waals surface area contributed by atoms with E-state index in [1.54, 1.807) is 23.9 Å². The van der Waals surface area contributed by atoms with Gasteiger partial charge in [-0.2, -0.15) is 5.10 Å². The zero-order valence-electron chi connectivity index (χ0n) is 11.7. The van der Waals surface area contributed by atoms with Gasteiger partial charge in [0.2, 0.25) is 0 Å². The highest BCUT2D eigenvalue weighted by Crippen LogP contribution is 2.28. The van der Waals surface area contributed by atoms with E-state index < -0.39 is 0 Å². The summed E-state index contributed by atoms with van der Waals surface area (Å²) in [6, 6.07) is 7.96. The van der Waals surface area contributed by atoms with Crippen molar-refractivity contribution >= 4 is 11.5 Å². The molecule has 0 spiro atoms. The van der Waals surface area contributed by atoms with E-state index in [-0.39, 0.29) is 11.9 Å². The molecule has 108 valence electrons. The number of nitrogens with one attached hydrogen (secondary N) is 1.